The number of benzene rings is 2. The Kier molecular flexibility index (Phi) is 9.19. The van der Waals surface area contributed by atoms with E-state index in [0.717, 1.165) is 30.6 Å². The van der Waals surface area contributed by atoms with Gasteiger partial charge in [0.05, 0.1) is 34.7 Å². The van der Waals surface area contributed by atoms with Crippen LogP contribution in [0, 0.1) is 0 Å². The van der Waals surface area contributed by atoms with E-state index in [1.54, 1.807) is 41.8 Å². The fourth-order valence-electron chi connectivity index (χ4n) is 3.36. The molecule has 0 aliphatic carbocycles. The molecule has 3 rings (SSSR count). The molecule has 0 saturated carbocycles. The molecule has 0 spiro atoms. The monoisotopic (exact) mass is 519 g/mol. The van der Waals surface area contributed by atoms with E-state index in [-0.39, 0.29) is 30.4 Å². The van der Waals surface area contributed by atoms with E-state index >= 15 is 0 Å². The van der Waals surface area contributed by atoms with Gasteiger partial charge in [-0.05, 0) is 55.8 Å². The van der Waals surface area contributed by atoms with Crippen molar-refractivity contribution in [2.75, 3.05) is 13.2 Å². The number of sulfonamides is 1. The average molecular weight is 520 g/mol. The molecule has 188 valence electrons. The highest BCUT2D eigenvalue weighted by Crippen LogP contribution is 2.22. The Morgan fingerprint density at radius 3 is 2.49 bits per heavy atom. The summed E-state index contributed by atoms with van der Waals surface area (Å²) in [5.41, 5.74) is 1.01. The number of esters is 1. The van der Waals surface area contributed by atoms with E-state index in [9.17, 15) is 18.0 Å². The van der Waals surface area contributed by atoms with Gasteiger partial charge in [0.2, 0.25) is 10.0 Å². The van der Waals surface area contributed by atoms with Crippen molar-refractivity contribution >= 4 is 43.5 Å². The van der Waals surface area contributed by atoms with E-state index in [1.807, 2.05) is 0 Å². The molecule has 3 aromatic rings. The number of carbonyl (C=O) groups excluding carboxylic acids is 2. The molecule has 0 unspecified atom stereocenters. The normalized spacial score (nSPS) is 12.1. The number of thiazole rings is 1. The fraction of sp³-hybridized carbons (Fsp3) is 0.375. The van der Waals surface area contributed by atoms with Gasteiger partial charge in [-0.1, -0.05) is 31.1 Å². The second-order valence-corrected chi connectivity index (χ2v) is 10.3. The SMILES string of the molecule is CCCCCOc1ccc(C(=O)N=c2sc3cc(S(N)(=O)=O)ccc3n2CCC(=O)OCC)cc1. The van der Waals surface area contributed by atoms with Gasteiger partial charge < -0.3 is 14.0 Å². The molecule has 0 atom stereocenters. The number of nitrogens with zero attached hydrogens (tertiary/aromatic N) is 2. The zero-order valence-corrected chi connectivity index (χ0v) is 21.4. The Bertz CT molecular complexity index is 1360. The first-order valence-corrected chi connectivity index (χ1v) is 13.7. The molecule has 0 saturated heterocycles. The summed E-state index contributed by atoms with van der Waals surface area (Å²) in [4.78, 5) is 29.4. The predicted octanol–water partition coefficient (Wildman–Crippen LogP) is 3.61. The third kappa shape index (κ3) is 7.23. The molecule has 0 bridgehead atoms. The van der Waals surface area contributed by atoms with Gasteiger partial charge in [-0.2, -0.15) is 4.99 Å². The van der Waals surface area contributed by atoms with Gasteiger partial charge in [0.1, 0.15) is 5.75 Å². The van der Waals surface area contributed by atoms with Gasteiger partial charge >= 0.3 is 5.97 Å². The number of rotatable bonds is 11. The van der Waals surface area contributed by atoms with Gasteiger partial charge in [-0.25, -0.2) is 13.6 Å². The third-order valence-electron chi connectivity index (χ3n) is 5.14. The minimum atomic E-state index is -3.90. The van der Waals surface area contributed by atoms with Crippen LogP contribution >= 0.6 is 11.3 Å². The number of fused-ring (bicyclic) bond motifs is 1. The third-order valence-corrected chi connectivity index (χ3v) is 7.09. The van der Waals surface area contributed by atoms with Crippen molar-refractivity contribution in [3.05, 3.63) is 52.8 Å². The fourth-order valence-corrected chi connectivity index (χ4v) is 5.06. The number of amides is 1. The summed E-state index contributed by atoms with van der Waals surface area (Å²) in [6.07, 6.45) is 3.25. The lowest BCUT2D eigenvalue weighted by molar-refractivity contribution is -0.143. The summed E-state index contributed by atoms with van der Waals surface area (Å²) in [5, 5.41) is 5.26. The summed E-state index contributed by atoms with van der Waals surface area (Å²) < 4.78 is 36.5. The summed E-state index contributed by atoms with van der Waals surface area (Å²) in [6, 6.07) is 11.2. The zero-order valence-electron chi connectivity index (χ0n) is 19.7. The van der Waals surface area contributed by atoms with Gasteiger partial charge in [-0.3, -0.25) is 9.59 Å². The minimum Gasteiger partial charge on any atom is -0.494 e. The Balaban J connectivity index is 1.92. The van der Waals surface area contributed by atoms with Crippen LogP contribution in [0.15, 0.2) is 52.4 Å². The number of unbranched alkanes of at least 4 members (excludes halogenated alkanes) is 2. The number of hydrogen-bond acceptors (Lipinski definition) is 7. The van der Waals surface area contributed by atoms with Crippen LogP contribution < -0.4 is 14.7 Å². The summed E-state index contributed by atoms with van der Waals surface area (Å²) in [5.74, 6) is -0.169. The standard InChI is InChI=1S/C24H29N3O6S2/c1-3-5-6-15-33-18-9-7-17(8-10-18)23(29)26-24-27(14-13-22(28)32-4-2)20-12-11-19(35(25,30)31)16-21(20)34-24/h7-12,16H,3-6,13-15H2,1-2H3,(H2,25,30,31). The van der Waals surface area contributed by atoms with Crippen LogP contribution in [0.3, 0.4) is 0 Å². The molecule has 2 aromatic carbocycles. The van der Waals surface area contributed by atoms with Crippen molar-refractivity contribution in [1.82, 2.24) is 4.57 Å². The average Bonchev–Trinajstić information content (AvgIpc) is 3.16. The molecule has 0 aliphatic rings. The number of aromatic nitrogens is 1. The summed E-state index contributed by atoms with van der Waals surface area (Å²) in [7, 11) is -3.90. The van der Waals surface area contributed by atoms with E-state index in [0.29, 0.717) is 32.9 Å². The van der Waals surface area contributed by atoms with Crippen LogP contribution in [0.2, 0.25) is 0 Å². The Morgan fingerprint density at radius 2 is 1.83 bits per heavy atom. The number of primary sulfonamides is 1. The first kappa shape index (κ1) is 26.6. The molecule has 2 N–H and O–H groups in total. The van der Waals surface area contributed by atoms with Gasteiger partial charge in [0.25, 0.3) is 5.91 Å². The smallest absolute Gasteiger partial charge is 0.307 e. The molecule has 11 heteroatoms. The molecule has 35 heavy (non-hydrogen) atoms. The van der Waals surface area contributed by atoms with Gasteiger partial charge in [-0.15, -0.1) is 0 Å². The van der Waals surface area contributed by atoms with Crippen LogP contribution in [0.25, 0.3) is 10.2 Å². The molecule has 0 radical (unpaired) electrons. The second kappa shape index (κ2) is 12.1. The lowest BCUT2D eigenvalue weighted by Gasteiger charge is -2.06. The molecule has 1 amide bonds. The summed E-state index contributed by atoms with van der Waals surface area (Å²) >= 11 is 1.14. The highest BCUT2D eigenvalue weighted by molar-refractivity contribution is 7.89. The quantitative estimate of drug-likeness (QED) is 0.304. The maximum Gasteiger partial charge on any atom is 0.307 e. The van der Waals surface area contributed by atoms with Gasteiger partial charge in [0, 0.05) is 12.1 Å². The predicted molar refractivity (Wildman–Crippen MR) is 134 cm³/mol. The highest BCUT2D eigenvalue weighted by Gasteiger charge is 2.15. The largest absolute Gasteiger partial charge is 0.494 e. The Hall–Kier alpha value is -3.02. The zero-order chi connectivity index (χ0) is 25.4. The van der Waals surface area contributed by atoms with Crippen LogP contribution in [-0.4, -0.2) is 38.1 Å². The maximum absolute atomic E-state index is 12.9. The number of nitrogens with two attached hydrogens (primary N) is 1. The second-order valence-electron chi connectivity index (χ2n) is 7.76. The van der Waals surface area contributed by atoms with E-state index < -0.39 is 15.9 Å². The number of carbonyl (C=O) groups is 2. The van der Waals surface area contributed by atoms with Crippen molar-refractivity contribution in [2.24, 2.45) is 10.1 Å². The van der Waals surface area contributed by atoms with Crippen LogP contribution in [0.1, 0.15) is 49.9 Å². The summed E-state index contributed by atoms with van der Waals surface area (Å²) in [6.45, 7) is 4.94. The van der Waals surface area contributed by atoms with Crippen molar-refractivity contribution in [1.29, 1.82) is 0 Å². The van der Waals surface area contributed by atoms with Crippen molar-refractivity contribution in [3.63, 3.8) is 0 Å². The van der Waals surface area contributed by atoms with Crippen molar-refractivity contribution in [3.8, 4) is 5.75 Å². The molecule has 1 aromatic heterocycles. The highest BCUT2D eigenvalue weighted by atomic mass is 32.2. The lowest BCUT2D eigenvalue weighted by Crippen LogP contribution is -2.19. The molecule has 0 aliphatic heterocycles. The first-order valence-electron chi connectivity index (χ1n) is 11.4. The number of ether oxygens (including phenoxy) is 2. The van der Waals surface area contributed by atoms with Crippen molar-refractivity contribution < 1.29 is 27.5 Å². The minimum absolute atomic E-state index is 0.0452. The number of hydrogen-bond donors (Lipinski definition) is 1. The first-order chi connectivity index (χ1) is 16.7. The van der Waals surface area contributed by atoms with Crippen LogP contribution in [0.5, 0.6) is 5.75 Å². The van der Waals surface area contributed by atoms with E-state index in [1.165, 1.54) is 12.1 Å². The van der Waals surface area contributed by atoms with E-state index in [2.05, 4.69) is 11.9 Å². The molecule has 1 heterocycles. The van der Waals surface area contributed by atoms with Crippen molar-refractivity contribution in [2.45, 2.75) is 51.0 Å². The lowest BCUT2D eigenvalue weighted by atomic mass is 10.2. The van der Waals surface area contributed by atoms with Crippen LogP contribution in [-0.2, 0) is 26.1 Å². The van der Waals surface area contributed by atoms with Crippen LogP contribution in [0.4, 0.5) is 0 Å². The molecule has 0 fully saturated rings. The van der Waals surface area contributed by atoms with Gasteiger partial charge in [0.15, 0.2) is 4.80 Å². The Labute approximate surface area is 208 Å². The number of aryl methyl sites for hydroxylation is 1. The topological polar surface area (TPSA) is 130 Å². The molecular formula is C24H29N3O6S2. The maximum atomic E-state index is 12.9. The molecular weight excluding hydrogens is 490 g/mol. The Morgan fingerprint density at radius 1 is 1.09 bits per heavy atom. The molecule has 9 nitrogen and oxygen atoms in total. The van der Waals surface area contributed by atoms with E-state index in [4.69, 9.17) is 14.6 Å².